The van der Waals surface area contributed by atoms with Crippen LogP contribution in [0.5, 0.6) is 0 Å². The number of fused-ring (bicyclic) bond motifs is 5. The molecule has 0 aliphatic heterocycles. The van der Waals surface area contributed by atoms with E-state index in [0.717, 1.165) is 11.3 Å². The molecule has 0 amide bonds. The SMILES string of the molecule is CC(C)c1[c-]c(-c2nccc3c2ccc2c4ccccc4ccc32)cc(C(C)C)c1.[2H]c1c([2H])c([2H])c(-c2cc[c-]c(-c3cc(-c4c([2H])c([2H])c([2H])c([2H])c4[2H])ccn3)c2)c([2H])c1[2H].[Ir]. The maximum absolute atomic E-state index is 8.21. The zero-order valence-electron chi connectivity index (χ0n) is 40.8. The molecule has 2 aromatic heterocycles. The number of hydrogen-bond donors (Lipinski definition) is 0. The van der Waals surface area contributed by atoms with Gasteiger partial charge in [0.25, 0.3) is 0 Å². The number of rotatable bonds is 6. The summed E-state index contributed by atoms with van der Waals surface area (Å²) < 4.78 is 80.0. The first-order chi connectivity index (χ1) is 30.6. The van der Waals surface area contributed by atoms with Gasteiger partial charge in [-0.3, -0.25) is 0 Å². The van der Waals surface area contributed by atoms with Gasteiger partial charge < -0.3 is 9.97 Å². The second-order valence-electron chi connectivity index (χ2n) is 13.7. The molecule has 2 heterocycles. The van der Waals surface area contributed by atoms with E-state index in [4.69, 9.17) is 18.7 Å². The number of aromatic nitrogens is 2. The van der Waals surface area contributed by atoms with Gasteiger partial charge in [-0.25, -0.2) is 0 Å². The fourth-order valence-corrected chi connectivity index (χ4v) is 6.65. The Labute approximate surface area is 352 Å². The van der Waals surface area contributed by atoms with Gasteiger partial charge in [-0.1, -0.05) is 143 Å². The van der Waals surface area contributed by atoms with Crippen molar-refractivity contribution in [1.29, 1.82) is 0 Å². The van der Waals surface area contributed by atoms with Gasteiger partial charge in [0.15, 0.2) is 0 Å². The largest absolute Gasteiger partial charge is 0.305 e. The Bertz CT molecular complexity index is 3120. The molecule has 1 radical (unpaired) electrons. The van der Waals surface area contributed by atoms with Crippen molar-refractivity contribution < 1.29 is 33.8 Å². The molecule has 0 atom stereocenters. The van der Waals surface area contributed by atoms with Crippen LogP contribution in [0.15, 0.2) is 170 Å². The van der Waals surface area contributed by atoms with Crippen molar-refractivity contribution in [1.82, 2.24) is 9.97 Å². The van der Waals surface area contributed by atoms with E-state index in [0.29, 0.717) is 34.2 Å². The number of benzene rings is 7. The van der Waals surface area contributed by atoms with Crippen LogP contribution in [-0.2, 0) is 20.1 Å². The van der Waals surface area contributed by atoms with Crippen molar-refractivity contribution in [2.75, 3.05) is 0 Å². The zero-order chi connectivity index (χ0) is 45.7. The fraction of sp³-hybridized carbons (Fsp3) is 0.115. The predicted molar refractivity (Wildman–Crippen MR) is 229 cm³/mol. The van der Waals surface area contributed by atoms with E-state index in [-0.39, 0.29) is 55.4 Å². The van der Waals surface area contributed by atoms with Crippen LogP contribution < -0.4 is 0 Å². The van der Waals surface area contributed by atoms with Gasteiger partial charge in [0.05, 0.1) is 13.7 Å². The van der Waals surface area contributed by atoms with Crippen LogP contribution in [0.25, 0.3) is 77.1 Å². The van der Waals surface area contributed by atoms with Crippen LogP contribution in [0, 0.1) is 12.1 Å². The molecule has 0 saturated carbocycles. The van der Waals surface area contributed by atoms with Gasteiger partial charge in [0, 0.05) is 32.5 Å². The second-order valence-corrected chi connectivity index (χ2v) is 13.7. The predicted octanol–water partition coefficient (Wildman–Crippen LogP) is 14.1. The molecule has 0 fully saturated rings. The first kappa shape index (κ1) is 26.9. The summed E-state index contributed by atoms with van der Waals surface area (Å²) in [5.41, 5.74) is 6.35. The summed E-state index contributed by atoms with van der Waals surface area (Å²) in [6.07, 6.45) is 3.38. The molecule has 0 saturated heterocycles. The molecule has 9 rings (SSSR count). The van der Waals surface area contributed by atoms with Crippen molar-refractivity contribution in [3.63, 3.8) is 0 Å². The second kappa shape index (κ2) is 16.7. The normalized spacial score (nSPS) is 13.6. The molecule has 0 aliphatic rings. The topological polar surface area (TPSA) is 25.8 Å². The van der Waals surface area contributed by atoms with Crippen molar-refractivity contribution in [2.24, 2.45) is 0 Å². The Morgan fingerprint density at radius 1 is 0.527 bits per heavy atom. The molecule has 2 nitrogen and oxygen atoms in total. The van der Waals surface area contributed by atoms with Crippen LogP contribution in [-0.4, -0.2) is 9.97 Å². The Morgan fingerprint density at radius 3 is 1.89 bits per heavy atom. The quantitative estimate of drug-likeness (QED) is 0.123. The van der Waals surface area contributed by atoms with E-state index in [1.807, 2.05) is 6.20 Å². The molecule has 9 aromatic rings. The number of nitrogens with zero attached hydrogens (tertiary/aromatic N) is 2. The molecular formula is C52H42IrN2-2. The summed E-state index contributed by atoms with van der Waals surface area (Å²) in [6, 6.07) is 34.7. The Morgan fingerprint density at radius 2 is 1.16 bits per heavy atom. The molecule has 0 N–H and O–H groups in total. The van der Waals surface area contributed by atoms with Gasteiger partial charge in [0.1, 0.15) is 0 Å². The number of hydrogen-bond acceptors (Lipinski definition) is 2. The summed E-state index contributed by atoms with van der Waals surface area (Å²) in [4.78, 5) is 9.12. The molecule has 0 spiro atoms. The van der Waals surface area contributed by atoms with Gasteiger partial charge >= 0.3 is 0 Å². The van der Waals surface area contributed by atoms with Crippen LogP contribution in [0.4, 0.5) is 0 Å². The molecule has 0 bridgehead atoms. The molecular weight excluding hydrogens is 845 g/mol. The summed E-state index contributed by atoms with van der Waals surface area (Å²) in [6.45, 7) is 8.96. The molecule has 3 heteroatoms. The van der Waals surface area contributed by atoms with Crippen LogP contribution in [0.2, 0.25) is 0 Å². The summed E-state index contributed by atoms with van der Waals surface area (Å²) >= 11 is 0. The molecule has 0 aliphatic carbocycles. The minimum Gasteiger partial charge on any atom is -0.305 e. The molecule has 0 unspecified atom stereocenters. The Hall–Kier alpha value is -5.73. The van der Waals surface area contributed by atoms with Gasteiger partial charge in [-0.05, 0) is 84.4 Å². The molecule has 7 aromatic carbocycles. The van der Waals surface area contributed by atoms with Crippen molar-refractivity contribution >= 4 is 32.3 Å². The first-order valence-corrected chi connectivity index (χ1v) is 18.0. The van der Waals surface area contributed by atoms with Gasteiger partial charge in [-0.2, -0.15) is 0 Å². The number of pyridine rings is 2. The third-order valence-corrected chi connectivity index (χ3v) is 9.54. The summed E-state index contributed by atoms with van der Waals surface area (Å²) in [7, 11) is 0. The van der Waals surface area contributed by atoms with E-state index < -0.39 is 36.3 Å². The standard InChI is InChI=1S/C29H26N.C23H16N.Ir/c1-18(2)21-15-22(19(3)4)17-23(16-21)29-28-12-11-25-24-8-6-5-7-20(24)9-10-26(25)27(28)13-14-30-29;1-3-8-18(9-4-1)20-12-7-13-22(16-20)23-17-21(14-15-24-23)19-10-5-2-6-11-19;/h5-16,18-19H,1-4H3;1-12,14-17H;/q2*-1;/i;1D,2D,3D,4D,5D,6D,8D,9D,10D,11D;. The minimum absolute atomic E-state index is 0. The van der Waals surface area contributed by atoms with Crippen molar-refractivity contribution in [3.8, 4) is 44.8 Å². The van der Waals surface area contributed by atoms with Crippen LogP contribution in [0.3, 0.4) is 0 Å². The molecule has 55 heavy (non-hydrogen) atoms. The average molecular weight is 897 g/mol. The minimum atomic E-state index is -0.479. The third kappa shape index (κ3) is 8.05. The maximum atomic E-state index is 8.21. The molecule has 271 valence electrons. The Balaban J connectivity index is 0.000000192. The third-order valence-electron chi connectivity index (χ3n) is 9.54. The van der Waals surface area contributed by atoms with E-state index in [1.165, 1.54) is 55.7 Å². The zero-order valence-corrected chi connectivity index (χ0v) is 33.2. The summed E-state index contributed by atoms with van der Waals surface area (Å²) in [5.74, 6) is 0.905. The Kier molecular flexibility index (Phi) is 8.20. The smallest absolute Gasteiger partial charge is 0.0629 e. The van der Waals surface area contributed by atoms with Crippen molar-refractivity contribution in [3.05, 3.63) is 193 Å². The summed E-state index contributed by atoms with van der Waals surface area (Å²) in [5, 5.41) is 7.58. The average Bonchev–Trinajstić information content (AvgIpc) is 3.31. The van der Waals surface area contributed by atoms with Gasteiger partial charge in [-0.15, -0.1) is 70.3 Å². The maximum Gasteiger partial charge on any atom is 0.0629 e. The van der Waals surface area contributed by atoms with Crippen LogP contribution in [0.1, 0.15) is 64.4 Å². The van der Waals surface area contributed by atoms with Gasteiger partial charge in [0.2, 0.25) is 0 Å². The first-order valence-electron chi connectivity index (χ1n) is 23.0. The van der Waals surface area contributed by atoms with Crippen molar-refractivity contribution in [2.45, 2.75) is 39.5 Å². The van der Waals surface area contributed by atoms with E-state index in [2.05, 4.69) is 112 Å². The monoisotopic (exact) mass is 897 g/mol. The van der Waals surface area contributed by atoms with Crippen LogP contribution >= 0.6 is 0 Å². The van der Waals surface area contributed by atoms with E-state index >= 15 is 0 Å². The fourth-order valence-electron chi connectivity index (χ4n) is 6.65. The van der Waals surface area contributed by atoms with E-state index in [9.17, 15) is 0 Å². The van der Waals surface area contributed by atoms with E-state index in [1.54, 1.807) is 24.3 Å².